The molecule has 1 amide bonds. The molecule has 0 saturated carbocycles. The second-order valence-corrected chi connectivity index (χ2v) is 4.48. The summed E-state index contributed by atoms with van der Waals surface area (Å²) in [5.41, 5.74) is 0.747. The van der Waals surface area contributed by atoms with E-state index in [1.54, 1.807) is 12.1 Å². The second-order valence-electron chi connectivity index (χ2n) is 4.48. The maximum atomic E-state index is 13.0. The van der Waals surface area contributed by atoms with Crippen LogP contribution in [-0.4, -0.2) is 17.0 Å². The number of amides is 1. The van der Waals surface area contributed by atoms with E-state index in [-0.39, 0.29) is 30.5 Å². The number of hydrogen-bond acceptors (Lipinski definition) is 3. The van der Waals surface area contributed by atoms with Crippen molar-refractivity contribution in [1.29, 1.82) is 0 Å². The van der Waals surface area contributed by atoms with Gasteiger partial charge < -0.3 is 14.8 Å². The van der Waals surface area contributed by atoms with Crippen LogP contribution in [0.5, 0.6) is 0 Å². The van der Waals surface area contributed by atoms with Crippen LogP contribution < -0.4 is 5.32 Å². The Morgan fingerprint density at radius 3 is 2.71 bits per heavy atom. The Morgan fingerprint density at radius 2 is 2.05 bits per heavy atom. The van der Waals surface area contributed by atoms with Crippen LogP contribution >= 0.6 is 0 Å². The predicted octanol–water partition coefficient (Wildman–Crippen LogP) is 2.37. The molecule has 2 N–H and O–H groups in total. The zero-order valence-corrected chi connectivity index (χ0v) is 11.1. The van der Waals surface area contributed by atoms with E-state index in [1.807, 2.05) is 0 Å². The van der Waals surface area contributed by atoms with Gasteiger partial charge >= 0.3 is 5.97 Å². The van der Waals surface area contributed by atoms with E-state index < -0.39 is 5.97 Å². The first-order valence-electron chi connectivity index (χ1n) is 6.38. The molecule has 0 saturated heterocycles. The van der Waals surface area contributed by atoms with Crippen LogP contribution in [-0.2, 0) is 17.8 Å². The van der Waals surface area contributed by atoms with Gasteiger partial charge in [-0.1, -0.05) is 12.1 Å². The highest BCUT2D eigenvalue weighted by Crippen LogP contribution is 2.08. The minimum absolute atomic E-state index is 0.120. The maximum Gasteiger partial charge on any atom is 0.371 e. The SMILES string of the molecule is O=C(CCc1cccc(F)c1)NCc1ccc(C(=O)O)o1. The average molecular weight is 291 g/mol. The molecule has 0 unspecified atom stereocenters. The van der Waals surface area contributed by atoms with Gasteiger partial charge in [-0.15, -0.1) is 0 Å². The summed E-state index contributed by atoms with van der Waals surface area (Å²) in [6.07, 6.45) is 0.651. The number of rotatable bonds is 6. The van der Waals surface area contributed by atoms with Crippen molar-refractivity contribution in [2.45, 2.75) is 19.4 Å². The zero-order chi connectivity index (χ0) is 15.2. The summed E-state index contributed by atoms with van der Waals surface area (Å²) >= 11 is 0. The lowest BCUT2D eigenvalue weighted by Crippen LogP contribution is -2.22. The average Bonchev–Trinajstić information content (AvgIpc) is 2.92. The van der Waals surface area contributed by atoms with Gasteiger partial charge in [0.15, 0.2) is 0 Å². The molecule has 21 heavy (non-hydrogen) atoms. The Balaban J connectivity index is 1.78. The Hall–Kier alpha value is -2.63. The predicted molar refractivity (Wildman–Crippen MR) is 72.2 cm³/mol. The largest absolute Gasteiger partial charge is 0.475 e. The number of aryl methyl sites for hydroxylation is 1. The molecule has 2 aromatic rings. The molecule has 0 bridgehead atoms. The fraction of sp³-hybridized carbons (Fsp3) is 0.200. The number of aromatic carboxylic acids is 1. The molecule has 2 rings (SSSR count). The molecule has 1 aromatic heterocycles. The topological polar surface area (TPSA) is 79.5 Å². The standard InChI is InChI=1S/C15H14FNO4/c16-11-3-1-2-10(8-11)4-7-14(18)17-9-12-5-6-13(21-12)15(19)20/h1-3,5-6,8H,4,7,9H2,(H,17,18)(H,19,20). The molecule has 1 heterocycles. The van der Waals surface area contributed by atoms with Crippen molar-refractivity contribution in [1.82, 2.24) is 5.32 Å². The van der Waals surface area contributed by atoms with Crippen LogP contribution in [0, 0.1) is 5.82 Å². The summed E-state index contributed by atoms with van der Waals surface area (Å²) in [7, 11) is 0. The van der Waals surface area contributed by atoms with Gasteiger partial charge in [-0.2, -0.15) is 0 Å². The van der Waals surface area contributed by atoms with E-state index in [9.17, 15) is 14.0 Å². The molecule has 0 aliphatic heterocycles. The van der Waals surface area contributed by atoms with E-state index in [2.05, 4.69) is 5.32 Å². The van der Waals surface area contributed by atoms with Crippen molar-refractivity contribution in [3.8, 4) is 0 Å². The number of carboxylic acid groups (broad SMARTS) is 1. The van der Waals surface area contributed by atoms with E-state index in [1.165, 1.54) is 24.3 Å². The molecule has 0 aliphatic carbocycles. The fourth-order valence-electron chi connectivity index (χ4n) is 1.81. The number of benzene rings is 1. The number of carboxylic acids is 1. The smallest absolute Gasteiger partial charge is 0.371 e. The van der Waals surface area contributed by atoms with Crippen LogP contribution in [0.15, 0.2) is 40.8 Å². The van der Waals surface area contributed by atoms with Crippen molar-refractivity contribution in [3.05, 3.63) is 59.3 Å². The third kappa shape index (κ3) is 4.45. The third-order valence-corrected chi connectivity index (χ3v) is 2.86. The van der Waals surface area contributed by atoms with E-state index in [0.717, 1.165) is 5.56 Å². The number of nitrogens with one attached hydrogen (secondary N) is 1. The molecule has 0 aliphatic rings. The van der Waals surface area contributed by atoms with Crippen molar-refractivity contribution in [2.75, 3.05) is 0 Å². The van der Waals surface area contributed by atoms with Gasteiger partial charge in [-0.05, 0) is 36.2 Å². The third-order valence-electron chi connectivity index (χ3n) is 2.86. The van der Waals surface area contributed by atoms with Gasteiger partial charge in [-0.3, -0.25) is 4.79 Å². The lowest BCUT2D eigenvalue weighted by Gasteiger charge is -2.04. The van der Waals surface area contributed by atoms with Gasteiger partial charge in [0.1, 0.15) is 11.6 Å². The first-order chi connectivity index (χ1) is 10.0. The first-order valence-corrected chi connectivity index (χ1v) is 6.38. The molecule has 0 spiro atoms. The molecule has 110 valence electrons. The Kier molecular flexibility index (Phi) is 4.71. The molecule has 5 nitrogen and oxygen atoms in total. The van der Waals surface area contributed by atoms with Crippen molar-refractivity contribution < 1.29 is 23.5 Å². The summed E-state index contributed by atoms with van der Waals surface area (Å²) in [4.78, 5) is 22.3. The highest BCUT2D eigenvalue weighted by atomic mass is 19.1. The number of carbonyl (C=O) groups excluding carboxylic acids is 1. The van der Waals surface area contributed by atoms with E-state index in [4.69, 9.17) is 9.52 Å². The van der Waals surface area contributed by atoms with Gasteiger partial charge in [0, 0.05) is 6.42 Å². The van der Waals surface area contributed by atoms with Crippen molar-refractivity contribution in [2.24, 2.45) is 0 Å². The van der Waals surface area contributed by atoms with Gasteiger partial charge in [0.05, 0.1) is 6.54 Å². The number of furan rings is 1. The second kappa shape index (κ2) is 6.69. The van der Waals surface area contributed by atoms with E-state index >= 15 is 0 Å². The lowest BCUT2D eigenvalue weighted by atomic mass is 10.1. The molecule has 6 heteroatoms. The number of halogens is 1. The summed E-state index contributed by atoms with van der Waals surface area (Å²) in [6.45, 7) is 0.120. The lowest BCUT2D eigenvalue weighted by molar-refractivity contribution is -0.121. The van der Waals surface area contributed by atoms with Crippen molar-refractivity contribution >= 4 is 11.9 Å². The molecule has 0 atom stereocenters. The Morgan fingerprint density at radius 1 is 1.24 bits per heavy atom. The van der Waals surface area contributed by atoms with Crippen LogP contribution in [0.1, 0.15) is 28.3 Å². The van der Waals surface area contributed by atoms with Crippen molar-refractivity contribution in [3.63, 3.8) is 0 Å². The van der Waals surface area contributed by atoms with Crippen LogP contribution in [0.3, 0.4) is 0 Å². The highest BCUT2D eigenvalue weighted by molar-refractivity contribution is 5.84. The van der Waals surface area contributed by atoms with Crippen LogP contribution in [0.4, 0.5) is 4.39 Å². The molecule has 0 radical (unpaired) electrons. The fourth-order valence-corrected chi connectivity index (χ4v) is 1.81. The Labute approximate surface area is 120 Å². The monoisotopic (exact) mass is 291 g/mol. The Bertz CT molecular complexity index is 651. The maximum absolute atomic E-state index is 13.0. The quantitative estimate of drug-likeness (QED) is 0.856. The number of hydrogen-bond donors (Lipinski definition) is 2. The molecular formula is C15H14FNO4. The normalized spacial score (nSPS) is 10.3. The van der Waals surface area contributed by atoms with Gasteiger partial charge in [0.2, 0.25) is 11.7 Å². The summed E-state index contributed by atoms with van der Waals surface area (Å²) in [5.74, 6) is -1.50. The molecule has 1 aromatic carbocycles. The minimum Gasteiger partial charge on any atom is -0.475 e. The summed E-state index contributed by atoms with van der Waals surface area (Å²) in [5, 5.41) is 11.3. The molecule has 0 fully saturated rings. The van der Waals surface area contributed by atoms with Gasteiger partial charge in [-0.25, -0.2) is 9.18 Å². The highest BCUT2D eigenvalue weighted by Gasteiger charge is 2.09. The van der Waals surface area contributed by atoms with Gasteiger partial charge in [0.25, 0.3) is 0 Å². The molecular weight excluding hydrogens is 277 g/mol. The minimum atomic E-state index is -1.15. The first kappa shape index (κ1) is 14.8. The summed E-state index contributed by atoms with van der Waals surface area (Å²) < 4.78 is 18.0. The number of carbonyl (C=O) groups is 2. The van der Waals surface area contributed by atoms with Crippen LogP contribution in [0.2, 0.25) is 0 Å². The summed E-state index contributed by atoms with van der Waals surface area (Å²) in [6, 6.07) is 8.91. The zero-order valence-electron chi connectivity index (χ0n) is 11.1. The van der Waals surface area contributed by atoms with Crippen LogP contribution in [0.25, 0.3) is 0 Å². The van der Waals surface area contributed by atoms with E-state index in [0.29, 0.717) is 12.2 Å².